The molecule has 2 fully saturated rings. The van der Waals surface area contributed by atoms with E-state index in [0.717, 1.165) is 37.1 Å². The van der Waals surface area contributed by atoms with Crippen LogP contribution in [0.3, 0.4) is 0 Å². The van der Waals surface area contributed by atoms with E-state index in [1.807, 2.05) is 24.0 Å². The second-order valence-corrected chi connectivity index (χ2v) is 10.1. The van der Waals surface area contributed by atoms with Crippen molar-refractivity contribution in [2.45, 2.75) is 46.2 Å². The van der Waals surface area contributed by atoms with Gasteiger partial charge in [-0.15, -0.1) is 0 Å². The molecule has 0 spiro atoms. The lowest BCUT2D eigenvalue weighted by Crippen LogP contribution is -2.55. The molecule has 9 heteroatoms. The summed E-state index contributed by atoms with van der Waals surface area (Å²) in [5, 5.41) is 12.6. The number of benzene rings is 1. The monoisotopic (exact) mass is 509 g/mol. The molecule has 0 radical (unpaired) electrons. The number of aromatic nitrogens is 1. The van der Waals surface area contributed by atoms with Crippen molar-refractivity contribution in [3.05, 3.63) is 57.4 Å². The lowest BCUT2D eigenvalue weighted by molar-refractivity contribution is -0.143. The topological polar surface area (TPSA) is 98.6 Å². The Morgan fingerprint density at radius 2 is 1.97 bits per heavy atom. The lowest BCUT2D eigenvalue weighted by Gasteiger charge is -2.42. The zero-order chi connectivity index (χ0) is 25.8. The fourth-order valence-corrected chi connectivity index (χ4v) is 5.20. The lowest BCUT2D eigenvalue weighted by atomic mass is 9.97. The van der Waals surface area contributed by atoms with Gasteiger partial charge in [0.1, 0.15) is 11.8 Å². The molecule has 0 saturated carbocycles. The van der Waals surface area contributed by atoms with Crippen LogP contribution in [0.2, 0.25) is 5.02 Å². The Bertz CT molecular complexity index is 1190. The zero-order valence-electron chi connectivity index (χ0n) is 21.0. The highest BCUT2D eigenvalue weighted by Crippen LogP contribution is 2.28. The van der Waals surface area contributed by atoms with Gasteiger partial charge < -0.3 is 15.0 Å². The summed E-state index contributed by atoms with van der Waals surface area (Å²) >= 11 is 6.43. The average molecular weight is 510 g/mol. The van der Waals surface area contributed by atoms with Gasteiger partial charge in [0, 0.05) is 68.3 Å². The van der Waals surface area contributed by atoms with Crippen molar-refractivity contribution in [2.75, 3.05) is 38.2 Å². The van der Waals surface area contributed by atoms with Gasteiger partial charge in [-0.05, 0) is 68.5 Å². The molecule has 1 N–H and O–H groups in total. The van der Waals surface area contributed by atoms with Crippen LogP contribution in [0.4, 0.5) is 5.69 Å². The second kappa shape index (κ2) is 11.4. The number of aryl methyl sites for hydroxylation is 1. The van der Waals surface area contributed by atoms with Crippen LogP contribution in [0, 0.1) is 31.1 Å². The molecule has 2 aliphatic rings. The highest BCUT2D eigenvalue weighted by molar-refractivity contribution is 6.31. The summed E-state index contributed by atoms with van der Waals surface area (Å²) < 4.78 is 5.41. The molecule has 2 amide bonds. The fourth-order valence-electron chi connectivity index (χ4n) is 4.96. The number of carbonyl (C=O) groups excluding carboxylic acids is 2. The van der Waals surface area contributed by atoms with Gasteiger partial charge in [0.15, 0.2) is 0 Å². The molecule has 190 valence electrons. The van der Waals surface area contributed by atoms with E-state index in [1.54, 1.807) is 19.1 Å². The number of hydrogen-bond donors (Lipinski definition) is 1. The number of nitrogens with one attached hydrogen (secondary N) is 1. The average Bonchev–Trinajstić information content (AvgIpc) is 2.87. The number of rotatable bonds is 5. The fraction of sp³-hybridized carbons (Fsp3) is 0.481. The van der Waals surface area contributed by atoms with Crippen LogP contribution >= 0.6 is 11.6 Å². The van der Waals surface area contributed by atoms with Crippen molar-refractivity contribution in [2.24, 2.45) is 5.92 Å². The quantitative estimate of drug-likeness (QED) is 0.655. The van der Waals surface area contributed by atoms with Crippen LogP contribution in [0.5, 0.6) is 0 Å². The molecule has 36 heavy (non-hydrogen) atoms. The van der Waals surface area contributed by atoms with E-state index < -0.39 is 0 Å². The van der Waals surface area contributed by atoms with Gasteiger partial charge in [-0.1, -0.05) is 11.6 Å². The minimum atomic E-state index is -0.305. The molecular formula is C27H32ClN5O3. The van der Waals surface area contributed by atoms with E-state index in [0.29, 0.717) is 53.8 Å². The molecule has 8 nitrogen and oxygen atoms in total. The maximum atomic E-state index is 13.0. The van der Waals surface area contributed by atoms with Gasteiger partial charge in [-0.3, -0.25) is 14.5 Å². The Labute approximate surface area is 217 Å². The number of nitriles is 1. The van der Waals surface area contributed by atoms with E-state index in [4.69, 9.17) is 21.6 Å². The van der Waals surface area contributed by atoms with Crippen molar-refractivity contribution >= 4 is 29.1 Å². The molecule has 2 aromatic rings. The molecule has 3 heterocycles. The molecular weight excluding hydrogens is 478 g/mol. The van der Waals surface area contributed by atoms with Crippen LogP contribution in [-0.4, -0.2) is 65.5 Å². The number of hydrogen-bond acceptors (Lipinski definition) is 6. The molecule has 1 aromatic heterocycles. The van der Waals surface area contributed by atoms with E-state index in [2.05, 4.69) is 22.1 Å². The molecule has 1 atom stereocenters. The summed E-state index contributed by atoms with van der Waals surface area (Å²) in [4.78, 5) is 34.3. The smallest absolute Gasteiger partial charge is 0.257 e. The normalized spacial score (nSPS) is 19.1. The van der Waals surface area contributed by atoms with E-state index in [1.165, 1.54) is 6.20 Å². The highest BCUT2D eigenvalue weighted by atomic mass is 35.5. The Kier molecular flexibility index (Phi) is 8.24. The molecule has 0 bridgehead atoms. The summed E-state index contributed by atoms with van der Waals surface area (Å²) in [5.41, 5.74) is 3.95. The summed E-state index contributed by atoms with van der Waals surface area (Å²) in [6, 6.07) is 7.47. The standard InChI is InChI=1S/C27H32ClN5O3/c1-17-10-21(14-30-25(17)13-29)26(34)31-24-12-23(28)11-22(19(24)3)16-32-6-7-33(18(2)15-32)27(35)20-4-8-36-9-5-20/h10-12,14,18,20H,4-9,15-16H2,1-3H3,(H,31,34). The number of nitrogens with zero attached hydrogens (tertiary/aromatic N) is 4. The SMILES string of the molecule is Cc1cc(C(=O)Nc2cc(Cl)cc(CN3CCN(C(=O)C4CCOCC4)C(C)C3)c2C)cnc1C#N. The van der Waals surface area contributed by atoms with Gasteiger partial charge in [0.05, 0.1) is 5.56 Å². The summed E-state index contributed by atoms with van der Waals surface area (Å²) in [6.45, 7) is 10.1. The van der Waals surface area contributed by atoms with Crippen LogP contribution in [0.25, 0.3) is 0 Å². The summed E-state index contributed by atoms with van der Waals surface area (Å²) in [6.07, 6.45) is 3.02. The third-order valence-corrected chi connectivity index (χ3v) is 7.35. The Morgan fingerprint density at radius 1 is 1.22 bits per heavy atom. The molecule has 2 aliphatic heterocycles. The van der Waals surface area contributed by atoms with Gasteiger partial charge in [-0.2, -0.15) is 5.26 Å². The predicted octanol–water partition coefficient (Wildman–Crippen LogP) is 3.94. The van der Waals surface area contributed by atoms with Crippen molar-refractivity contribution < 1.29 is 14.3 Å². The predicted molar refractivity (Wildman–Crippen MR) is 138 cm³/mol. The first-order valence-corrected chi connectivity index (χ1v) is 12.7. The minimum absolute atomic E-state index is 0.0733. The van der Waals surface area contributed by atoms with Crippen molar-refractivity contribution in [3.63, 3.8) is 0 Å². The number of halogens is 1. The van der Waals surface area contributed by atoms with E-state index in [9.17, 15) is 9.59 Å². The first kappa shape index (κ1) is 26.1. The molecule has 1 unspecified atom stereocenters. The molecule has 2 saturated heterocycles. The van der Waals surface area contributed by atoms with Gasteiger partial charge in [-0.25, -0.2) is 4.98 Å². The van der Waals surface area contributed by atoms with Crippen LogP contribution in [0.15, 0.2) is 24.4 Å². The van der Waals surface area contributed by atoms with Crippen LogP contribution < -0.4 is 5.32 Å². The Balaban J connectivity index is 1.42. The number of anilines is 1. The van der Waals surface area contributed by atoms with E-state index in [-0.39, 0.29) is 23.8 Å². The third-order valence-electron chi connectivity index (χ3n) is 7.13. The molecule has 0 aliphatic carbocycles. The van der Waals surface area contributed by atoms with Crippen molar-refractivity contribution in [1.29, 1.82) is 5.26 Å². The van der Waals surface area contributed by atoms with Gasteiger partial charge >= 0.3 is 0 Å². The van der Waals surface area contributed by atoms with E-state index >= 15 is 0 Å². The summed E-state index contributed by atoms with van der Waals surface area (Å²) in [7, 11) is 0. The maximum Gasteiger partial charge on any atom is 0.257 e. The second-order valence-electron chi connectivity index (χ2n) is 9.70. The first-order chi connectivity index (χ1) is 17.3. The van der Waals surface area contributed by atoms with Gasteiger partial charge in [0.2, 0.25) is 5.91 Å². The number of piperazine rings is 1. The third kappa shape index (κ3) is 5.86. The number of carbonyl (C=O) groups is 2. The number of amides is 2. The Morgan fingerprint density at radius 3 is 2.64 bits per heavy atom. The van der Waals surface area contributed by atoms with Crippen LogP contribution in [0.1, 0.15) is 52.5 Å². The highest BCUT2D eigenvalue weighted by Gasteiger charge is 2.32. The Hall–Kier alpha value is -2.99. The van der Waals surface area contributed by atoms with Crippen molar-refractivity contribution in [1.82, 2.24) is 14.8 Å². The largest absolute Gasteiger partial charge is 0.381 e. The van der Waals surface area contributed by atoms with Crippen LogP contribution in [-0.2, 0) is 16.1 Å². The number of pyridine rings is 1. The molecule has 4 rings (SSSR count). The molecule has 1 aromatic carbocycles. The summed E-state index contributed by atoms with van der Waals surface area (Å²) in [5.74, 6) is 0.0198. The van der Waals surface area contributed by atoms with Crippen molar-refractivity contribution in [3.8, 4) is 6.07 Å². The number of ether oxygens (including phenoxy) is 1. The van der Waals surface area contributed by atoms with Gasteiger partial charge in [0.25, 0.3) is 5.91 Å². The minimum Gasteiger partial charge on any atom is -0.381 e. The maximum absolute atomic E-state index is 13.0. The first-order valence-electron chi connectivity index (χ1n) is 12.3. The zero-order valence-corrected chi connectivity index (χ0v) is 21.8.